The number of aromatic nitrogens is 4. The fourth-order valence-corrected chi connectivity index (χ4v) is 1.43. The molecule has 2 aromatic rings. The molecule has 0 radical (unpaired) electrons. The first-order chi connectivity index (χ1) is 9.29. The number of azo groups is 1. The fourth-order valence-electron chi connectivity index (χ4n) is 1.43. The highest BCUT2D eigenvalue weighted by molar-refractivity contribution is 5.96. The average Bonchev–Trinajstić information content (AvgIpc) is 2.96. The predicted molar refractivity (Wildman–Crippen MR) is 68.5 cm³/mol. The van der Waals surface area contributed by atoms with Crippen LogP contribution in [-0.2, 0) is 0 Å². The molecule has 1 heterocycles. The van der Waals surface area contributed by atoms with Crippen molar-refractivity contribution in [1.82, 2.24) is 20.6 Å². The number of carbonyl (C=O) groups excluding carboxylic acids is 1. The van der Waals surface area contributed by atoms with Gasteiger partial charge in [-0.05, 0) is 29.5 Å². The number of nitrogens with zero attached hydrogens (tertiary/aromatic N) is 5. The number of anilines is 1. The number of hydrogen-bond donors (Lipinski definition) is 2. The second-order valence-corrected chi connectivity index (χ2v) is 3.68. The SMILES string of the molecule is CNc1ccc(C(=O)CCN=Nc2nn[nH]n2)cc1. The predicted octanol–water partition coefficient (Wildman–Crippen LogP) is 1.60. The molecule has 1 aromatic heterocycles. The maximum absolute atomic E-state index is 11.8. The van der Waals surface area contributed by atoms with Crippen LogP contribution in [0.1, 0.15) is 16.8 Å². The summed E-state index contributed by atoms with van der Waals surface area (Å²) in [5.74, 6) is 0.181. The van der Waals surface area contributed by atoms with Gasteiger partial charge in [-0.1, -0.05) is 5.10 Å². The Kier molecular flexibility index (Phi) is 4.27. The number of benzene rings is 1. The molecule has 8 nitrogen and oxygen atoms in total. The molecular weight excluding hydrogens is 246 g/mol. The van der Waals surface area contributed by atoms with Crippen LogP contribution in [0.4, 0.5) is 11.6 Å². The molecule has 0 bridgehead atoms. The van der Waals surface area contributed by atoms with Gasteiger partial charge in [0.25, 0.3) is 0 Å². The number of H-pyrrole nitrogens is 1. The third kappa shape index (κ3) is 3.66. The second-order valence-electron chi connectivity index (χ2n) is 3.68. The van der Waals surface area contributed by atoms with Crippen LogP contribution >= 0.6 is 0 Å². The topological polar surface area (TPSA) is 108 Å². The van der Waals surface area contributed by atoms with Gasteiger partial charge in [-0.3, -0.25) is 4.79 Å². The van der Waals surface area contributed by atoms with E-state index in [9.17, 15) is 4.79 Å². The minimum atomic E-state index is 0.0229. The minimum absolute atomic E-state index is 0.0229. The molecule has 0 fully saturated rings. The van der Waals surface area contributed by atoms with E-state index in [-0.39, 0.29) is 11.7 Å². The molecule has 19 heavy (non-hydrogen) atoms. The number of aromatic amines is 1. The van der Waals surface area contributed by atoms with E-state index in [2.05, 4.69) is 36.2 Å². The summed E-state index contributed by atoms with van der Waals surface area (Å²) in [6, 6.07) is 7.27. The van der Waals surface area contributed by atoms with Gasteiger partial charge in [0.05, 0.1) is 6.54 Å². The Morgan fingerprint density at radius 2 is 2.16 bits per heavy atom. The van der Waals surface area contributed by atoms with Crippen molar-refractivity contribution < 1.29 is 4.79 Å². The first-order valence-corrected chi connectivity index (χ1v) is 5.71. The van der Waals surface area contributed by atoms with Gasteiger partial charge in [0, 0.05) is 24.7 Å². The van der Waals surface area contributed by atoms with Crippen LogP contribution in [-0.4, -0.2) is 40.0 Å². The Hall–Kier alpha value is -2.64. The molecule has 0 saturated heterocycles. The summed E-state index contributed by atoms with van der Waals surface area (Å²) in [6.07, 6.45) is 0.292. The summed E-state index contributed by atoms with van der Waals surface area (Å²) in [5.41, 5.74) is 1.63. The smallest absolute Gasteiger partial charge is 0.307 e. The Balaban J connectivity index is 1.83. The quantitative estimate of drug-likeness (QED) is 0.605. The van der Waals surface area contributed by atoms with E-state index in [1.807, 2.05) is 19.2 Å². The van der Waals surface area contributed by atoms with Crippen molar-refractivity contribution in [1.29, 1.82) is 0 Å². The van der Waals surface area contributed by atoms with Crippen molar-refractivity contribution in [2.45, 2.75) is 6.42 Å². The lowest BCUT2D eigenvalue weighted by Crippen LogP contribution is -2.01. The lowest BCUT2D eigenvalue weighted by Gasteiger charge is -2.01. The number of rotatable bonds is 6. The lowest BCUT2D eigenvalue weighted by molar-refractivity contribution is 0.0985. The van der Waals surface area contributed by atoms with E-state index in [4.69, 9.17) is 0 Å². The molecule has 1 aromatic carbocycles. The van der Waals surface area contributed by atoms with Crippen molar-refractivity contribution in [2.24, 2.45) is 10.2 Å². The number of hydrogen-bond acceptors (Lipinski definition) is 7. The third-order valence-corrected chi connectivity index (χ3v) is 2.43. The maximum atomic E-state index is 11.8. The molecule has 0 atom stereocenters. The van der Waals surface area contributed by atoms with Crippen LogP contribution in [0.15, 0.2) is 34.5 Å². The number of ketones is 1. The molecule has 0 unspecified atom stereocenters. The highest BCUT2D eigenvalue weighted by Crippen LogP contribution is 2.10. The van der Waals surface area contributed by atoms with Gasteiger partial charge in [-0.2, -0.15) is 10.3 Å². The molecular formula is C11H13N7O. The Morgan fingerprint density at radius 1 is 1.37 bits per heavy atom. The van der Waals surface area contributed by atoms with Crippen LogP contribution < -0.4 is 5.32 Å². The van der Waals surface area contributed by atoms with E-state index >= 15 is 0 Å². The Labute approximate surface area is 109 Å². The highest BCUT2D eigenvalue weighted by Gasteiger charge is 2.04. The summed E-state index contributed by atoms with van der Waals surface area (Å²) in [6.45, 7) is 0.293. The summed E-state index contributed by atoms with van der Waals surface area (Å²) in [5, 5.41) is 23.3. The van der Waals surface area contributed by atoms with E-state index in [1.54, 1.807) is 12.1 Å². The van der Waals surface area contributed by atoms with Gasteiger partial charge >= 0.3 is 5.95 Å². The first kappa shape index (κ1) is 12.8. The maximum Gasteiger partial charge on any atom is 0.307 e. The molecule has 0 aliphatic carbocycles. The average molecular weight is 259 g/mol. The van der Waals surface area contributed by atoms with Crippen LogP contribution in [0.2, 0.25) is 0 Å². The van der Waals surface area contributed by atoms with Crippen LogP contribution in [0, 0.1) is 0 Å². The molecule has 2 N–H and O–H groups in total. The minimum Gasteiger partial charge on any atom is -0.388 e. The normalized spacial score (nSPS) is 10.8. The number of nitrogens with one attached hydrogen (secondary N) is 2. The number of carbonyl (C=O) groups is 1. The zero-order chi connectivity index (χ0) is 13.5. The molecule has 0 saturated carbocycles. The van der Waals surface area contributed by atoms with Gasteiger partial charge in [0.1, 0.15) is 0 Å². The van der Waals surface area contributed by atoms with Crippen LogP contribution in [0.3, 0.4) is 0 Å². The molecule has 0 amide bonds. The zero-order valence-electron chi connectivity index (χ0n) is 10.4. The van der Waals surface area contributed by atoms with E-state index in [0.717, 1.165) is 5.69 Å². The van der Waals surface area contributed by atoms with Gasteiger partial charge in [0.2, 0.25) is 0 Å². The second kappa shape index (κ2) is 6.34. The van der Waals surface area contributed by atoms with Crippen molar-refractivity contribution in [2.75, 3.05) is 18.9 Å². The summed E-state index contributed by atoms with van der Waals surface area (Å²) < 4.78 is 0. The van der Waals surface area contributed by atoms with Gasteiger partial charge in [-0.15, -0.1) is 10.2 Å². The van der Waals surface area contributed by atoms with Crippen molar-refractivity contribution in [3.63, 3.8) is 0 Å². The number of tetrazole rings is 1. The van der Waals surface area contributed by atoms with Crippen molar-refractivity contribution in [3.8, 4) is 0 Å². The summed E-state index contributed by atoms with van der Waals surface area (Å²) in [4.78, 5) is 11.8. The zero-order valence-corrected chi connectivity index (χ0v) is 10.4. The van der Waals surface area contributed by atoms with E-state index < -0.39 is 0 Å². The largest absolute Gasteiger partial charge is 0.388 e. The molecule has 0 aliphatic heterocycles. The van der Waals surface area contributed by atoms with Crippen LogP contribution in [0.5, 0.6) is 0 Å². The first-order valence-electron chi connectivity index (χ1n) is 5.71. The van der Waals surface area contributed by atoms with E-state index in [0.29, 0.717) is 18.5 Å². The van der Waals surface area contributed by atoms with Crippen molar-refractivity contribution >= 4 is 17.4 Å². The van der Waals surface area contributed by atoms with Gasteiger partial charge in [-0.25, -0.2) is 0 Å². The molecule has 2 rings (SSSR count). The van der Waals surface area contributed by atoms with Crippen molar-refractivity contribution in [3.05, 3.63) is 29.8 Å². The Morgan fingerprint density at radius 3 is 2.79 bits per heavy atom. The molecule has 0 aliphatic rings. The standard InChI is InChI=1S/C11H13N7O/c1-12-9-4-2-8(3-5-9)10(19)6-7-13-14-11-15-17-18-16-11/h2-5,12H,6-7H2,1H3,(H,15,16,17,18). The highest BCUT2D eigenvalue weighted by atomic mass is 16.1. The fraction of sp³-hybridized carbons (Fsp3) is 0.273. The van der Waals surface area contributed by atoms with Gasteiger partial charge < -0.3 is 5.32 Å². The monoisotopic (exact) mass is 259 g/mol. The number of Topliss-reactive ketones (excluding diaryl/α,β-unsaturated/α-hetero) is 1. The van der Waals surface area contributed by atoms with Gasteiger partial charge in [0.15, 0.2) is 5.78 Å². The Bertz CT molecular complexity index is 547. The van der Waals surface area contributed by atoms with Crippen LogP contribution in [0.25, 0.3) is 0 Å². The summed E-state index contributed by atoms with van der Waals surface area (Å²) >= 11 is 0. The molecule has 0 spiro atoms. The van der Waals surface area contributed by atoms with E-state index in [1.165, 1.54) is 0 Å². The third-order valence-electron chi connectivity index (χ3n) is 2.43. The lowest BCUT2D eigenvalue weighted by atomic mass is 10.1. The molecule has 98 valence electrons. The molecule has 8 heteroatoms. The summed E-state index contributed by atoms with van der Waals surface area (Å²) in [7, 11) is 1.83.